The second-order valence-electron chi connectivity index (χ2n) is 6.49. The molecule has 0 aliphatic carbocycles. The van der Waals surface area contributed by atoms with Gasteiger partial charge in [0.2, 0.25) is 0 Å². The van der Waals surface area contributed by atoms with E-state index in [1.165, 1.54) is 10.5 Å². The topological polar surface area (TPSA) is 69.6 Å². The molecule has 6 heteroatoms. The summed E-state index contributed by atoms with van der Waals surface area (Å²) >= 11 is 1.60. The van der Waals surface area contributed by atoms with Crippen molar-refractivity contribution in [2.75, 3.05) is 12.4 Å². The lowest BCUT2D eigenvalue weighted by atomic mass is 9.98. The maximum absolute atomic E-state index is 12.5. The van der Waals surface area contributed by atoms with Crippen molar-refractivity contribution in [1.82, 2.24) is 10.2 Å². The Morgan fingerprint density at radius 2 is 1.69 bits per heavy atom. The van der Waals surface area contributed by atoms with Gasteiger partial charge in [0.1, 0.15) is 5.54 Å². The van der Waals surface area contributed by atoms with Crippen LogP contribution in [0.4, 0.5) is 4.79 Å². The third kappa shape index (κ3) is 3.61. The number of urea groups is 1. The lowest BCUT2D eigenvalue weighted by molar-refractivity contribution is -0.125. The monoisotopic (exact) mass is 370 g/mol. The van der Waals surface area contributed by atoms with Crippen LogP contribution in [0.2, 0.25) is 0 Å². The molecule has 1 fully saturated rings. The summed E-state index contributed by atoms with van der Waals surface area (Å²) in [6.07, 6.45) is 0. The lowest BCUT2D eigenvalue weighted by Crippen LogP contribution is -2.51. The zero-order valence-corrected chi connectivity index (χ0v) is 15.4. The first-order valence-corrected chi connectivity index (χ1v) is 9.64. The summed E-state index contributed by atoms with van der Waals surface area (Å²) in [4.78, 5) is 26.5. The molecule has 3 rings (SSSR count). The molecule has 0 bridgehead atoms. The molecular weight excluding hydrogens is 348 g/mol. The van der Waals surface area contributed by atoms with Crippen LogP contribution in [0.25, 0.3) is 0 Å². The number of hydrogen-bond acceptors (Lipinski definition) is 4. The van der Waals surface area contributed by atoms with Crippen LogP contribution in [0, 0.1) is 0 Å². The minimum absolute atomic E-state index is 0.246. The molecule has 0 saturated carbocycles. The van der Waals surface area contributed by atoms with Gasteiger partial charge in [0.05, 0.1) is 12.6 Å². The zero-order valence-electron chi connectivity index (χ0n) is 14.6. The number of thioether (sulfide) groups is 1. The van der Waals surface area contributed by atoms with Gasteiger partial charge in [0, 0.05) is 11.5 Å². The van der Waals surface area contributed by atoms with Gasteiger partial charge >= 0.3 is 6.03 Å². The van der Waals surface area contributed by atoms with Crippen LogP contribution in [0.1, 0.15) is 24.1 Å². The zero-order chi connectivity index (χ0) is 18.6. The predicted octanol–water partition coefficient (Wildman–Crippen LogP) is 2.96. The smallest absolute Gasteiger partial charge is 0.325 e. The average molecular weight is 370 g/mol. The first-order valence-electron chi connectivity index (χ1n) is 8.48. The molecule has 1 saturated heterocycles. The number of aliphatic hydroxyl groups is 1. The fraction of sp³-hybridized carbons (Fsp3) is 0.300. The van der Waals surface area contributed by atoms with Gasteiger partial charge in [-0.25, -0.2) is 4.79 Å². The van der Waals surface area contributed by atoms with E-state index in [0.29, 0.717) is 5.75 Å². The highest BCUT2D eigenvalue weighted by molar-refractivity contribution is 7.98. The molecule has 1 heterocycles. The van der Waals surface area contributed by atoms with Crippen LogP contribution in [0.3, 0.4) is 0 Å². The fourth-order valence-corrected chi connectivity index (χ4v) is 4.40. The number of amides is 3. The summed E-state index contributed by atoms with van der Waals surface area (Å²) in [5.41, 5.74) is 0.957. The SMILES string of the molecule is C[C@]1(CSCc2ccccc2)C(=O)NC(=O)N1C(CO)c1ccccc1. The number of aliphatic hydroxyl groups excluding tert-OH is 1. The van der Waals surface area contributed by atoms with Crippen LogP contribution in [-0.4, -0.2) is 39.8 Å². The van der Waals surface area contributed by atoms with Gasteiger partial charge in [-0.05, 0) is 18.1 Å². The number of nitrogens with zero attached hydrogens (tertiary/aromatic N) is 1. The molecule has 1 aliphatic heterocycles. The number of nitrogens with one attached hydrogen (secondary N) is 1. The Balaban J connectivity index is 1.80. The van der Waals surface area contributed by atoms with Crippen LogP contribution in [0.5, 0.6) is 0 Å². The fourth-order valence-electron chi connectivity index (χ4n) is 3.20. The van der Waals surface area contributed by atoms with E-state index in [4.69, 9.17) is 0 Å². The van der Waals surface area contributed by atoms with Crippen molar-refractivity contribution in [1.29, 1.82) is 0 Å². The largest absolute Gasteiger partial charge is 0.394 e. The van der Waals surface area contributed by atoms with E-state index in [1.807, 2.05) is 60.7 Å². The summed E-state index contributed by atoms with van der Waals surface area (Å²) in [5, 5.41) is 12.4. The molecule has 0 aromatic heterocycles. The lowest BCUT2D eigenvalue weighted by Gasteiger charge is -2.37. The molecule has 3 amide bonds. The van der Waals surface area contributed by atoms with E-state index in [9.17, 15) is 14.7 Å². The molecule has 136 valence electrons. The highest BCUT2D eigenvalue weighted by atomic mass is 32.2. The quantitative estimate of drug-likeness (QED) is 0.735. The summed E-state index contributed by atoms with van der Waals surface area (Å²) in [6, 6.07) is 18.3. The minimum atomic E-state index is -1.01. The summed E-state index contributed by atoms with van der Waals surface area (Å²) < 4.78 is 0. The van der Waals surface area contributed by atoms with E-state index < -0.39 is 17.6 Å². The molecule has 2 atom stereocenters. The molecule has 5 nitrogen and oxygen atoms in total. The molecule has 2 N–H and O–H groups in total. The van der Waals surface area contributed by atoms with Gasteiger partial charge in [-0.1, -0.05) is 60.7 Å². The Labute approximate surface area is 157 Å². The molecule has 1 aliphatic rings. The van der Waals surface area contributed by atoms with E-state index in [1.54, 1.807) is 18.7 Å². The Hall–Kier alpha value is -2.31. The summed E-state index contributed by atoms with van der Waals surface area (Å²) in [5.74, 6) is 0.876. The maximum atomic E-state index is 12.5. The Morgan fingerprint density at radius 3 is 2.31 bits per heavy atom. The molecule has 0 radical (unpaired) electrons. The number of benzene rings is 2. The van der Waals surface area contributed by atoms with Gasteiger partial charge in [0.15, 0.2) is 0 Å². The number of rotatable bonds is 7. The van der Waals surface area contributed by atoms with Gasteiger partial charge < -0.3 is 5.11 Å². The standard InChI is InChI=1S/C20H22N2O3S/c1-20(14-26-13-15-8-4-2-5-9-15)18(24)21-19(25)22(20)17(12-23)16-10-6-3-7-11-16/h2-11,17,23H,12-14H2,1H3,(H,21,24,25)/t17?,20-/m0/s1. The predicted molar refractivity (Wildman–Crippen MR) is 103 cm³/mol. The maximum Gasteiger partial charge on any atom is 0.325 e. The molecule has 2 aromatic carbocycles. The first kappa shape index (κ1) is 18.5. The van der Waals surface area contributed by atoms with E-state index in [-0.39, 0.29) is 12.5 Å². The molecule has 0 spiro atoms. The molecular formula is C20H22N2O3S. The highest BCUT2D eigenvalue weighted by Gasteiger charge is 2.52. The second kappa shape index (κ2) is 7.93. The molecule has 26 heavy (non-hydrogen) atoms. The van der Waals surface area contributed by atoms with Gasteiger partial charge in [0.25, 0.3) is 5.91 Å². The molecule has 1 unspecified atom stereocenters. The third-order valence-corrected chi connectivity index (χ3v) is 5.93. The normalized spacial score (nSPS) is 20.9. The van der Waals surface area contributed by atoms with Crippen molar-refractivity contribution in [2.45, 2.75) is 24.3 Å². The van der Waals surface area contributed by atoms with Crippen molar-refractivity contribution in [3.05, 3.63) is 71.8 Å². The van der Waals surface area contributed by atoms with Crippen LogP contribution < -0.4 is 5.32 Å². The first-order chi connectivity index (χ1) is 12.6. The van der Waals surface area contributed by atoms with E-state index >= 15 is 0 Å². The van der Waals surface area contributed by atoms with Gasteiger partial charge in [-0.15, -0.1) is 0 Å². The average Bonchev–Trinajstić information content (AvgIpc) is 2.88. The number of carbonyl (C=O) groups excluding carboxylic acids is 2. The summed E-state index contributed by atoms with van der Waals surface area (Å²) in [7, 11) is 0. The highest BCUT2D eigenvalue weighted by Crippen LogP contribution is 2.35. The van der Waals surface area contributed by atoms with Gasteiger partial charge in [-0.3, -0.25) is 15.0 Å². The Bertz CT molecular complexity index is 769. The number of hydrogen-bond donors (Lipinski definition) is 2. The summed E-state index contributed by atoms with van der Waals surface area (Å²) in [6.45, 7) is 1.51. The number of carbonyl (C=O) groups is 2. The number of imide groups is 1. The van der Waals surface area contributed by atoms with Crippen molar-refractivity contribution < 1.29 is 14.7 Å². The van der Waals surface area contributed by atoms with Crippen molar-refractivity contribution in [3.63, 3.8) is 0 Å². The van der Waals surface area contributed by atoms with Gasteiger partial charge in [-0.2, -0.15) is 11.8 Å². The molecule has 2 aromatic rings. The minimum Gasteiger partial charge on any atom is -0.394 e. The van der Waals surface area contributed by atoms with Crippen LogP contribution >= 0.6 is 11.8 Å². The van der Waals surface area contributed by atoms with Crippen LogP contribution in [0.15, 0.2) is 60.7 Å². The Morgan fingerprint density at radius 1 is 1.08 bits per heavy atom. The van der Waals surface area contributed by atoms with Crippen molar-refractivity contribution in [2.24, 2.45) is 0 Å². The second-order valence-corrected chi connectivity index (χ2v) is 7.48. The van der Waals surface area contributed by atoms with E-state index in [2.05, 4.69) is 5.32 Å². The van der Waals surface area contributed by atoms with E-state index in [0.717, 1.165) is 11.3 Å². The third-order valence-electron chi connectivity index (χ3n) is 4.62. The Kier molecular flexibility index (Phi) is 5.64. The van der Waals surface area contributed by atoms with Crippen LogP contribution in [-0.2, 0) is 10.5 Å². The van der Waals surface area contributed by atoms with Crippen molar-refractivity contribution >= 4 is 23.7 Å². The van der Waals surface area contributed by atoms with Crippen molar-refractivity contribution in [3.8, 4) is 0 Å².